The van der Waals surface area contributed by atoms with Crippen molar-refractivity contribution in [2.75, 3.05) is 11.4 Å². The molecule has 1 aliphatic heterocycles. The van der Waals surface area contributed by atoms with Gasteiger partial charge < -0.3 is 10.2 Å². The molecule has 0 unspecified atom stereocenters. The van der Waals surface area contributed by atoms with Gasteiger partial charge in [-0.15, -0.1) is 0 Å². The van der Waals surface area contributed by atoms with Gasteiger partial charge in [0.05, 0.1) is 10.9 Å². The highest BCUT2D eigenvalue weighted by Crippen LogP contribution is 2.30. The third kappa shape index (κ3) is 6.00. The van der Waals surface area contributed by atoms with E-state index in [1.54, 1.807) is 17.0 Å². The Morgan fingerprint density at radius 2 is 1.76 bits per heavy atom. The zero-order valence-electron chi connectivity index (χ0n) is 19.7. The number of nitrogens with zero attached hydrogens (tertiary/aromatic N) is 1. The molecule has 0 aliphatic carbocycles. The second kappa shape index (κ2) is 10.5. The van der Waals surface area contributed by atoms with Crippen molar-refractivity contribution in [3.05, 3.63) is 59.7 Å². The summed E-state index contributed by atoms with van der Waals surface area (Å²) in [6.07, 6.45) is 1.37. The minimum absolute atomic E-state index is 0.0173. The lowest BCUT2D eigenvalue weighted by molar-refractivity contribution is -0.123. The van der Waals surface area contributed by atoms with Crippen LogP contribution in [0.25, 0.3) is 0 Å². The first kappa shape index (κ1) is 24.9. The lowest BCUT2D eigenvalue weighted by Gasteiger charge is -2.23. The van der Waals surface area contributed by atoms with E-state index >= 15 is 0 Å². The van der Waals surface area contributed by atoms with Crippen LogP contribution < -0.4 is 14.9 Å². The first-order chi connectivity index (χ1) is 15.6. The molecule has 0 aromatic heterocycles. The smallest absolute Gasteiger partial charge is 0.241 e. The van der Waals surface area contributed by atoms with Gasteiger partial charge in [0.1, 0.15) is 6.04 Å². The highest BCUT2D eigenvalue weighted by molar-refractivity contribution is 7.89. The number of sulfonamides is 1. The molecule has 0 radical (unpaired) electrons. The summed E-state index contributed by atoms with van der Waals surface area (Å²) in [5.41, 5.74) is 2.53. The lowest BCUT2D eigenvalue weighted by atomic mass is 10.0. The molecule has 1 aliphatic rings. The molecule has 0 spiro atoms. The largest absolute Gasteiger partial charge is 0.348 e. The van der Waals surface area contributed by atoms with E-state index in [0.717, 1.165) is 16.8 Å². The number of hydrogen-bond acceptors (Lipinski definition) is 4. The summed E-state index contributed by atoms with van der Waals surface area (Å²) in [5, 5.41) is 2.93. The van der Waals surface area contributed by atoms with Gasteiger partial charge >= 0.3 is 0 Å². The van der Waals surface area contributed by atoms with Gasteiger partial charge in [-0.25, -0.2) is 8.42 Å². The fourth-order valence-corrected chi connectivity index (χ4v) is 5.33. The molecule has 7 nitrogen and oxygen atoms in total. The van der Waals surface area contributed by atoms with Gasteiger partial charge in [-0.3, -0.25) is 9.59 Å². The van der Waals surface area contributed by atoms with E-state index in [-0.39, 0.29) is 28.7 Å². The average molecular weight is 472 g/mol. The summed E-state index contributed by atoms with van der Waals surface area (Å²) in [6.45, 7) is 8.13. The van der Waals surface area contributed by atoms with Crippen LogP contribution in [-0.4, -0.2) is 32.8 Å². The van der Waals surface area contributed by atoms with Crippen LogP contribution in [0.3, 0.4) is 0 Å². The Bertz CT molecular complexity index is 1100. The van der Waals surface area contributed by atoms with E-state index in [2.05, 4.69) is 10.0 Å². The fraction of sp³-hybridized carbons (Fsp3) is 0.440. The van der Waals surface area contributed by atoms with E-state index in [1.807, 2.05) is 58.0 Å². The second-order valence-electron chi connectivity index (χ2n) is 8.88. The van der Waals surface area contributed by atoms with Crippen molar-refractivity contribution < 1.29 is 18.0 Å². The van der Waals surface area contributed by atoms with Crippen molar-refractivity contribution in [1.29, 1.82) is 0 Å². The van der Waals surface area contributed by atoms with Crippen LogP contribution in [0.4, 0.5) is 5.69 Å². The van der Waals surface area contributed by atoms with Gasteiger partial charge in [0.2, 0.25) is 21.8 Å². The first-order valence-electron chi connectivity index (χ1n) is 11.4. The molecule has 2 amide bonds. The van der Waals surface area contributed by atoms with Gasteiger partial charge in [-0.2, -0.15) is 4.72 Å². The zero-order chi connectivity index (χ0) is 24.2. The second-order valence-corrected chi connectivity index (χ2v) is 10.6. The number of carbonyl (C=O) groups is 2. The maximum absolute atomic E-state index is 13.2. The summed E-state index contributed by atoms with van der Waals surface area (Å²) in [4.78, 5) is 26.9. The van der Waals surface area contributed by atoms with Crippen LogP contribution in [-0.2, 0) is 26.0 Å². The number of carbonyl (C=O) groups excluding carboxylic acids is 2. The van der Waals surface area contributed by atoms with Crippen LogP contribution in [0, 0.1) is 5.92 Å². The van der Waals surface area contributed by atoms with E-state index in [1.165, 1.54) is 6.07 Å². The number of rotatable bonds is 9. The topological polar surface area (TPSA) is 95.6 Å². The van der Waals surface area contributed by atoms with Crippen LogP contribution >= 0.6 is 0 Å². The van der Waals surface area contributed by atoms with Crippen molar-refractivity contribution in [2.24, 2.45) is 5.92 Å². The fourth-order valence-electron chi connectivity index (χ4n) is 4.07. The molecule has 2 atom stereocenters. The summed E-state index contributed by atoms with van der Waals surface area (Å²) >= 11 is 0. The number of benzene rings is 2. The maximum Gasteiger partial charge on any atom is 0.241 e. The molecule has 3 rings (SSSR count). The summed E-state index contributed by atoms with van der Waals surface area (Å²) < 4.78 is 29.0. The highest BCUT2D eigenvalue weighted by Gasteiger charge is 2.30. The lowest BCUT2D eigenvalue weighted by Crippen LogP contribution is -2.47. The monoisotopic (exact) mass is 471 g/mol. The molecular weight excluding hydrogens is 438 g/mol. The summed E-state index contributed by atoms with van der Waals surface area (Å²) in [7, 11) is -3.93. The molecule has 2 aromatic rings. The van der Waals surface area contributed by atoms with E-state index < -0.39 is 16.1 Å². The van der Waals surface area contributed by atoms with Crippen LogP contribution in [0.1, 0.15) is 57.7 Å². The van der Waals surface area contributed by atoms with Crippen molar-refractivity contribution in [3.63, 3.8) is 0 Å². The molecule has 1 heterocycles. The normalized spacial score (nSPS) is 15.2. The highest BCUT2D eigenvalue weighted by atomic mass is 32.2. The molecule has 0 saturated carbocycles. The van der Waals surface area contributed by atoms with Gasteiger partial charge in [0.25, 0.3) is 0 Å². The van der Waals surface area contributed by atoms with E-state index in [4.69, 9.17) is 0 Å². The molecule has 0 saturated heterocycles. The van der Waals surface area contributed by atoms with Crippen LogP contribution in [0.2, 0.25) is 0 Å². The quantitative estimate of drug-likeness (QED) is 0.585. The number of anilines is 1. The summed E-state index contributed by atoms with van der Waals surface area (Å²) in [6, 6.07) is 13.2. The van der Waals surface area contributed by atoms with Gasteiger partial charge in [-0.1, -0.05) is 51.1 Å². The number of hydrogen-bond donors (Lipinski definition) is 2. The SMILES string of the molecule is CCC(=O)N1CCc2cc(S(=O)(=O)N[C@@H](CC(C)C)C(=O)N[C@@H](C)c3ccccc3)ccc21. The van der Waals surface area contributed by atoms with E-state index in [0.29, 0.717) is 25.8 Å². The Kier molecular flexibility index (Phi) is 7.92. The molecule has 0 fully saturated rings. The average Bonchev–Trinajstić information content (AvgIpc) is 3.21. The van der Waals surface area contributed by atoms with Crippen molar-refractivity contribution in [3.8, 4) is 0 Å². The Hall–Kier alpha value is -2.71. The number of fused-ring (bicyclic) bond motifs is 1. The first-order valence-corrected chi connectivity index (χ1v) is 12.9. The van der Waals surface area contributed by atoms with Crippen molar-refractivity contribution in [1.82, 2.24) is 10.0 Å². The van der Waals surface area contributed by atoms with Gasteiger partial charge in [-0.05, 0) is 55.0 Å². The minimum atomic E-state index is -3.93. The Labute approximate surface area is 196 Å². The third-order valence-corrected chi connectivity index (χ3v) is 7.31. The Morgan fingerprint density at radius 3 is 2.39 bits per heavy atom. The van der Waals surface area contributed by atoms with Gasteiger partial charge in [0.15, 0.2) is 0 Å². The zero-order valence-corrected chi connectivity index (χ0v) is 20.5. The minimum Gasteiger partial charge on any atom is -0.348 e. The standard InChI is InChI=1S/C25H33N3O4S/c1-5-24(29)28-14-13-20-16-21(11-12-23(20)28)33(31,32)27-22(15-17(2)3)25(30)26-18(4)19-9-7-6-8-10-19/h6-12,16-18,22,27H,5,13-15H2,1-4H3,(H,26,30)/t18-,22-/m0/s1. The summed E-state index contributed by atoms with van der Waals surface area (Å²) in [5.74, 6) is -0.225. The van der Waals surface area contributed by atoms with Crippen molar-refractivity contribution >= 4 is 27.5 Å². The van der Waals surface area contributed by atoms with Gasteiger partial charge in [0, 0.05) is 18.7 Å². The molecule has 2 N–H and O–H groups in total. The van der Waals surface area contributed by atoms with Crippen molar-refractivity contribution in [2.45, 2.75) is 63.9 Å². The maximum atomic E-state index is 13.2. The van der Waals surface area contributed by atoms with Crippen LogP contribution in [0.5, 0.6) is 0 Å². The molecule has 33 heavy (non-hydrogen) atoms. The third-order valence-electron chi connectivity index (χ3n) is 5.84. The number of nitrogens with one attached hydrogen (secondary N) is 2. The predicted molar refractivity (Wildman–Crippen MR) is 129 cm³/mol. The molecule has 0 bridgehead atoms. The predicted octanol–water partition coefficient (Wildman–Crippen LogP) is 3.56. The molecule has 8 heteroatoms. The molecule has 178 valence electrons. The number of amides is 2. The Balaban J connectivity index is 1.78. The molecule has 2 aromatic carbocycles. The van der Waals surface area contributed by atoms with E-state index in [9.17, 15) is 18.0 Å². The Morgan fingerprint density at radius 1 is 1.06 bits per heavy atom. The molecular formula is C25H33N3O4S. The van der Waals surface area contributed by atoms with Crippen LogP contribution in [0.15, 0.2) is 53.4 Å².